The van der Waals surface area contributed by atoms with Crippen LogP contribution in [0.2, 0.25) is 0 Å². The number of fused-ring (bicyclic) bond motifs is 1. The van der Waals surface area contributed by atoms with Gasteiger partial charge in [-0.1, -0.05) is 6.07 Å². The Kier molecular flexibility index (Phi) is 6.11. The molecule has 1 amide bonds. The zero-order chi connectivity index (χ0) is 22.5. The van der Waals surface area contributed by atoms with E-state index in [0.717, 1.165) is 0 Å². The van der Waals surface area contributed by atoms with Crippen LogP contribution in [0, 0.1) is 5.82 Å². The van der Waals surface area contributed by atoms with Gasteiger partial charge in [0.1, 0.15) is 23.9 Å². The van der Waals surface area contributed by atoms with Gasteiger partial charge in [-0.25, -0.2) is 4.39 Å². The molecule has 0 aliphatic rings. The van der Waals surface area contributed by atoms with Crippen LogP contribution in [0.5, 0.6) is 17.4 Å². The lowest BCUT2D eigenvalue weighted by Gasteiger charge is -2.10. The molecule has 0 saturated carbocycles. The van der Waals surface area contributed by atoms with Gasteiger partial charge in [-0.2, -0.15) is 4.52 Å². The van der Waals surface area contributed by atoms with Crippen molar-refractivity contribution < 1.29 is 23.4 Å². The molecular formula is C22H20FN5O4. The van der Waals surface area contributed by atoms with Crippen LogP contribution in [0.4, 0.5) is 4.39 Å². The molecule has 4 rings (SSSR count). The van der Waals surface area contributed by atoms with Gasteiger partial charge in [0.15, 0.2) is 11.5 Å². The van der Waals surface area contributed by atoms with E-state index in [4.69, 9.17) is 14.2 Å². The molecule has 2 aromatic heterocycles. The highest BCUT2D eigenvalue weighted by Crippen LogP contribution is 2.32. The van der Waals surface area contributed by atoms with E-state index in [0.29, 0.717) is 34.4 Å². The molecule has 0 atom stereocenters. The maximum absolute atomic E-state index is 13.2. The topological polar surface area (TPSA) is 99.9 Å². The molecule has 0 aliphatic carbocycles. The van der Waals surface area contributed by atoms with E-state index in [1.165, 1.54) is 24.3 Å². The van der Waals surface area contributed by atoms with Crippen LogP contribution in [-0.4, -0.2) is 53.1 Å². The summed E-state index contributed by atoms with van der Waals surface area (Å²) in [7, 11) is 3.13. The molecule has 164 valence electrons. The Bertz CT molecular complexity index is 1260. The summed E-state index contributed by atoms with van der Waals surface area (Å²) in [5, 5.41) is 15.5. The molecular weight excluding hydrogens is 417 g/mol. The van der Waals surface area contributed by atoms with Crippen molar-refractivity contribution in [2.75, 3.05) is 27.4 Å². The SMILES string of the molecule is COc1ccc(-c2nnc3ccc(OCCNC(=O)c4cccc(F)c4)nn23)c(OC)c1. The molecule has 0 fully saturated rings. The first-order valence-electron chi connectivity index (χ1n) is 9.70. The van der Waals surface area contributed by atoms with Crippen molar-refractivity contribution in [2.45, 2.75) is 0 Å². The second-order valence-electron chi connectivity index (χ2n) is 6.65. The Morgan fingerprint density at radius 1 is 1.06 bits per heavy atom. The minimum Gasteiger partial charge on any atom is -0.497 e. The summed E-state index contributed by atoms with van der Waals surface area (Å²) in [6.07, 6.45) is 0. The van der Waals surface area contributed by atoms with E-state index < -0.39 is 5.82 Å². The number of aromatic nitrogens is 4. The predicted molar refractivity (Wildman–Crippen MR) is 114 cm³/mol. The summed E-state index contributed by atoms with van der Waals surface area (Å²) in [6.45, 7) is 0.388. The van der Waals surface area contributed by atoms with Crippen molar-refractivity contribution in [2.24, 2.45) is 0 Å². The van der Waals surface area contributed by atoms with Crippen LogP contribution in [0.15, 0.2) is 54.6 Å². The number of hydrogen-bond donors (Lipinski definition) is 1. The molecule has 0 unspecified atom stereocenters. The van der Waals surface area contributed by atoms with Gasteiger partial charge in [-0.15, -0.1) is 15.3 Å². The third-order valence-electron chi connectivity index (χ3n) is 4.61. The summed E-state index contributed by atoms with van der Waals surface area (Å²) in [6, 6.07) is 14.2. The third kappa shape index (κ3) is 4.43. The van der Waals surface area contributed by atoms with E-state index in [2.05, 4.69) is 20.6 Å². The highest BCUT2D eigenvalue weighted by molar-refractivity contribution is 5.94. The fourth-order valence-corrected chi connectivity index (χ4v) is 3.05. The van der Waals surface area contributed by atoms with Crippen molar-refractivity contribution >= 4 is 11.6 Å². The van der Waals surface area contributed by atoms with Crippen LogP contribution < -0.4 is 19.5 Å². The third-order valence-corrected chi connectivity index (χ3v) is 4.61. The van der Waals surface area contributed by atoms with Gasteiger partial charge in [-0.05, 0) is 36.4 Å². The van der Waals surface area contributed by atoms with E-state index >= 15 is 0 Å². The molecule has 10 heteroatoms. The van der Waals surface area contributed by atoms with Gasteiger partial charge in [0.25, 0.3) is 5.91 Å². The molecule has 4 aromatic rings. The summed E-state index contributed by atoms with van der Waals surface area (Å²) in [5.74, 6) is 1.16. The standard InChI is InChI=1S/C22H20FN5O4/c1-30-16-6-7-17(18(13-16)31-2)21-26-25-19-8-9-20(27-28(19)21)32-11-10-24-22(29)14-4-3-5-15(23)12-14/h3-9,12-13H,10-11H2,1-2H3,(H,24,29). The minimum atomic E-state index is -0.468. The van der Waals surface area contributed by atoms with Gasteiger partial charge in [0, 0.05) is 17.7 Å². The van der Waals surface area contributed by atoms with E-state index in [9.17, 15) is 9.18 Å². The quantitative estimate of drug-likeness (QED) is 0.423. The second-order valence-corrected chi connectivity index (χ2v) is 6.65. The van der Waals surface area contributed by atoms with E-state index in [-0.39, 0.29) is 24.6 Å². The molecule has 2 heterocycles. The fraction of sp³-hybridized carbons (Fsp3) is 0.182. The molecule has 2 aromatic carbocycles. The Hall–Kier alpha value is -4.21. The Labute approximate surface area is 182 Å². The first-order chi connectivity index (χ1) is 15.6. The molecule has 9 nitrogen and oxygen atoms in total. The largest absolute Gasteiger partial charge is 0.497 e. The maximum Gasteiger partial charge on any atom is 0.251 e. The number of amides is 1. The molecule has 0 saturated heterocycles. The van der Waals surface area contributed by atoms with Crippen LogP contribution in [0.1, 0.15) is 10.4 Å². The summed E-state index contributed by atoms with van der Waals surface area (Å²) < 4.78 is 31.1. The summed E-state index contributed by atoms with van der Waals surface area (Å²) >= 11 is 0. The van der Waals surface area contributed by atoms with Crippen molar-refractivity contribution in [1.29, 1.82) is 0 Å². The van der Waals surface area contributed by atoms with Gasteiger partial charge < -0.3 is 19.5 Å². The highest BCUT2D eigenvalue weighted by atomic mass is 19.1. The van der Waals surface area contributed by atoms with E-state index in [1.54, 1.807) is 43.0 Å². The zero-order valence-corrected chi connectivity index (χ0v) is 17.4. The van der Waals surface area contributed by atoms with Crippen molar-refractivity contribution in [3.05, 3.63) is 66.0 Å². The summed E-state index contributed by atoms with van der Waals surface area (Å²) in [4.78, 5) is 12.1. The number of carbonyl (C=O) groups is 1. The van der Waals surface area contributed by atoms with Crippen molar-refractivity contribution in [3.63, 3.8) is 0 Å². The number of hydrogen-bond acceptors (Lipinski definition) is 7. The first-order valence-corrected chi connectivity index (χ1v) is 9.70. The lowest BCUT2D eigenvalue weighted by molar-refractivity contribution is 0.0946. The van der Waals surface area contributed by atoms with Crippen LogP contribution in [0.3, 0.4) is 0 Å². The smallest absolute Gasteiger partial charge is 0.251 e. The lowest BCUT2D eigenvalue weighted by atomic mass is 10.2. The average molecular weight is 437 g/mol. The number of nitrogens with one attached hydrogen (secondary N) is 1. The van der Waals surface area contributed by atoms with E-state index in [1.807, 2.05) is 6.07 Å². The number of halogens is 1. The normalized spacial score (nSPS) is 10.7. The van der Waals surface area contributed by atoms with Gasteiger partial charge in [0.05, 0.1) is 26.3 Å². The monoisotopic (exact) mass is 437 g/mol. The number of carbonyl (C=O) groups excluding carboxylic acids is 1. The molecule has 0 radical (unpaired) electrons. The zero-order valence-electron chi connectivity index (χ0n) is 17.4. The molecule has 0 bridgehead atoms. The molecule has 0 aliphatic heterocycles. The first kappa shape index (κ1) is 21.0. The number of rotatable bonds is 8. The minimum absolute atomic E-state index is 0.170. The molecule has 1 N–H and O–H groups in total. The van der Waals surface area contributed by atoms with Crippen molar-refractivity contribution in [3.8, 4) is 28.8 Å². The Balaban J connectivity index is 1.46. The Morgan fingerprint density at radius 2 is 1.94 bits per heavy atom. The summed E-state index contributed by atoms with van der Waals surface area (Å²) in [5.41, 5.74) is 1.46. The number of nitrogens with zero attached hydrogens (tertiary/aromatic N) is 4. The average Bonchev–Trinajstić information content (AvgIpc) is 3.24. The van der Waals surface area contributed by atoms with Crippen molar-refractivity contribution in [1.82, 2.24) is 25.1 Å². The lowest BCUT2D eigenvalue weighted by Crippen LogP contribution is -2.28. The Morgan fingerprint density at radius 3 is 2.72 bits per heavy atom. The predicted octanol–water partition coefficient (Wildman–Crippen LogP) is 2.76. The van der Waals surface area contributed by atoms with Crippen LogP contribution >= 0.6 is 0 Å². The highest BCUT2D eigenvalue weighted by Gasteiger charge is 2.16. The molecule has 0 spiro atoms. The van der Waals surface area contributed by atoms with Gasteiger partial charge >= 0.3 is 0 Å². The van der Waals surface area contributed by atoms with Crippen LogP contribution in [0.25, 0.3) is 17.0 Å². The van der Waals surface area contributed by atoms with Gasteiger partial charge in [-0.3, -0.25) is 4.79 Å². The maximum atomic E-state index is 13.2. The molecule has 32 heavy (non-hydrogen) atoms. The second kappa shape index (κ2) is 9.29. The number of ether oxygens (including phenoxy) is 3. The fourth-order valence-electron chi connectivity index (χ4n) is 3.05. The number of methoxy groups -OCH3 is 2. The number of benzene rings is 2. The van der Waals surface area contributed by atoms with Gasteiger partial charge in [0.2, 0.25) is 5.88 Å². The van der Waals surface area contributed by atoms with Crippen LogP contribution in [-0.2, 0) is 0 Å².